The molecule has 1 saturated carbocycles. The zero-order chi connectivity index (χ0) is 23.8. The van der Waals surface area contributed by atoms with E-state index in [4.69, 9.17) is 11.6 Å². The molecule has 1 amide bonds. The number of nitrogens with one attached hydrogen (secondary N) is 2. The average molecular weight is 479 g/mol. The summed E-state index contributed by atoms with van der Waals surface area (Å²) in [6.45, 7) is 2.30. The molecule has 3 heterocycles. The Morgan fingerprint density at radius 1 is 1.33 bits per heavy atom. The van der Waals surface area contributed by atoms with Crippen molar-refractivity contribution < 1.29 is 18.7 Å². The van der Waals surface area contributed by atoms with E-state index in [9.17, 15) is 18.7 Å². The van der Waals surface area contributed by atoms with Crippen LogP contribution in [-0.2, 0) is 0 Å². The number of pyridine rings is 1. The van der Waals surface area contributed by atoms with Gasteiger partial charge in [0.25, 0.3) is 5.91 Å². The second kappa shape index (κ2) is 9.18. The molecule has 1 aliphatic carbocycles. The molecule has 4 rings (SSSR count). The second-order valence-corrected chi connectivity index (χ2v) is 9.23. The molecule has 0 radical (unpaired) electrons. The third kappa shape index (κ3) is 5.22. The highest BCUT2D eigenvalue weighted by atomic mass is 35.5. The average Bonchev–Trinajstić information content (AvgIpc) is 3.36. The van der Waals surface area contributed by atoms with Crippen LogP contribution in [0, 0.1) is 0 Å². The van der Waals surface area contributed by atoms with Crippen LogP contribution in [0.15, 0.2) is 30.9 Å². The van der Waals surface area contributed by atoms with E-state index in [2.05, 4.69) is 25.7 Å². The maximum atomic E-state index is 14.1. The minimum atomic E-state index is -1.65. The van der Waals surface area contributed by atoms with E-state index in [0.717, 1.165) is 0 Å². The monoisotopic (exact) mass is 478 g/mol. The van der Waals surface area contributed by atoms with Crippen molar-refractivity contribution in [2.24, 2.45) is 0 Å². The fourth-order valence-corrected chi connectivity index (χ4v) is 3.88. The molecule has 1 aliphatic rings. The molecule has 176 valence electrons. The summed E-state index contributed by atoms with van der Waals surface area (Å²) < 4.78 is 29.4. The summed E-state index contributed by atoms with van der Waals surface area (Å²) in [6, 6.07) is 1.53. The number of aliphatic hydroxyl groups is 1. The van der Waals surface area contributed by atoms with Crippen LogP contribution in [0.1, 0.15) is 43.5 Å². The molecule has 33 heavy (non-hydrogen) atoms. The first-order chi connectivity index (χ1) is 15.6. The van der Waals surface area contributed by atoms with Gasteiger partial charge in [0.2, 0.25) is 0 Å². The zero-order valence-corrected chi connectivity index (χ0v) is 19.0. The van der Waals surface area contributed by atoms with E-state index >= 15 is 0 Å². The molecular weight excluding hydrogens is 454 g/mol. The van der Waals surface area contributed by atoms with Crippen molar-refractivity contribution in [3.05, 3.63) is 41.4 Å². The molecule has 0 aliphatic heterocycles. The first kappa shape index (κ1) is 23.3. The predicted molar refractivity (Wildman–Crippen MR) is 121 cm³/mol. The van der Waals surface area contributed by atoms with Gasteiger partial charge < -0.3 is 15.7 Å². The maximum Gasteiger partial charge on any atom is 0.255 e. The summed E-state index contributed by atoms with van der Waals surface area (Å²) in [4.78, 5) is 21.5. The normalized spacial score (nSPS) is 19.6. The summed E-state index contributed by atoms with van der Waals surface area (Å²) in [5, 5.41) is 20.2. The van der Waals surface area contributed by atoms with E-state index in [0.29, 0.717) is 46.9 Å². The lowest BCUT2D eigenvalue weighted by molar-refractivity contribution is -0.00177. The Morgan fingerprint density at radius 3 is 2.82 bits per heavy atom. The smallest absolute Gasteiger partial charge is 0.255 e. The SMILES string of the molecule is CC(C)(O)C(F)CNC(=O)c1cnc(-c2cnn3cc(Cl)cnc23)cc1NC1CCC(F)C1. The molecule has 3 N–H and O–H groups in total. The summed E-state index contributed by atoms with van der Waals surface area (Å²) in [6.07, 6.45) is 4.95. The maximum absolute atomic E-state index is 14.1. The summed E-state index contributed by atoms with van der Waals surface area (Å²) >= 11 is 5.98. The Morgan fingerprint density at radius 2 is 2.12 bits per heavy atom. The van der Waals surface area contributed by atoms with Gasteiger partial charge >= 0.3 is 0 Å². The molecular formula is C22H25ClF2N6O2. The lowest BCUT2D eigenvalue weighted by Crippen LogP contribution is -2.42. The number of carbonyl (C=O) groups excluding carboxylic acids is 1. The topological polar surface area (TPSA) is 104 Å². The van der Waals surface area contributed by atoms with Gasteiger partial charge in [-0.2, -0.15) is 5.10 Å². The molecule has 0 spiro atoms. The summed E-state index contributed by atoms with van der Waals surface area (Å²) in [5.74, 6) is -0.553. The van der Waals surface area contributed by atoms with Crippen LogP contribution in [0.5, 0.6) is 0 Å². The fourth-order valence-electron chi connectivity index (χ4n) is 3.74. The van der Waals surface area contributed by atoms with Crippen LogP contribution < -0.4 is 10.6 Å². The van der Waals surface area contributed by atoms with Gasteiger partial charge in [-0.15, -0.1) is 0 Å². The lowest BCUT2D eigenvalue weighted by Gasteiger charge is -2.23. The predicted octanol–water partition coefficient (Wildman–Crippen LogP) is 3.59. The minimum absolute atomic E-state index is 0.145. The van der Waals surface area contributed by atoms with Gasteiger partial charge in [-0.25, -0.2) is 18.3 Å². The van der Waals surface area contributed by atoms with Gasteiger partial charge in [-0.3, -0.25) is 9.78 Å². The summed E-state index contributed by atoms with van der Waals surface area (Å²) in [5.41, 5.74) is 0.719. The molecule has 1 fully saturated rings. The highest BCUT2D eigenvalue weighted by Crippen LogP contribution is 2.30. The molecule has 3 aromatic rings. The van der Waals surface area contributed by atoms with Crippen molar-refractivity contribution in [1.29, 1.82) is 0 Å². The van der Waals surface area contributed by atoms with Crippen molar-refractivity contribution in [2.45, 2.75) is 57.1 Å². The molecule has 3 unspecified atom stereocenters. The number of rotatable bonds is 7. The Hall–Kier alpha value is -2.85. The molecule has 3 aromatic heterocycles. The second-order valence-electron chi connectivity index (χ2n) is 8.80. The van der Waals surface area contributed by atoms with E-state index in [1.807, 2.05) is 0 Å². The van der Waals surface area contributed by atoms with Crippen LogP contribution in [0.3, 0.4) is 0 Å². The van der Waals surface area contributed by atoms with Crippen LogP contribution >= 0.6 is 11.6 Å². The van der Waals surface area contributed by atoms with Gasteiger partial charge in [0.15, 0.2) is 5.65 Å². The van der Waals surface area contributed by atoms with Gasteiger partial charge in [-0.05, 0) is 39.2 Å². The van der Waals surface area contributed by atoms with Crippen molar-refractivity contribution >= 4 is 28.8 Å². The molecule has 8 nitrogen and oxygen atoms in total. The van der Waals surface area contributed by atoms with Crippen LogP contribution in [0.2, 0.25) is 5.02 Å². The lowest BCUT2D eigenvalue weighted by atomic mass is 10.0. The van der Waals surface area contributed by atoms with Gasteiger partial charge in [-0.1, -0.05) is 11.6 Å². The van der Waals surface area contributed by atoms with Crippen molar-refractivity contribution in [2.75, 3.05) is 11.9 Å². The Labute approximate surface area is 194 Å². The number of halogens is 3. The molecule has 0 saturated heterocycles. The number of nitrogens with zero attached hydrogens (tertiary/aromatic N) is 4. The van der Waals surface area contributed by atoms with Crippen LogP contribution in [0.4, 0.5) is 14.5 Å². The number of anilines is 1. The van der Waals surface area contributed by atoms with Crippen molar-refractivity contribution in [1.82, 2.24) is 24.9 Å². The number of alkyl halides is 2. The van der Waals surface area contributed by atoms with Crippen LogP contribution in [-0.4, -0.2) is 61.1 Å². The molecule has 0 bridgehead atoms. The van der Waals surface area contributed by atoms with E-state index < -0.39 is 23.9 Å². The quantitative estimate of drug-likeness (QED) is 0.479. The third-order valence-corrected chi connectivity index (χ3v) is 5.88. The molecule has 3 atom stereocenters. The Balaban J connectivity index is 1.65. The standard InChI is InChI=1S/C22H25ClF2N6O2/c1-22(2,33)19(25)10-28-21(32)16-8-26-17(6-18(16)30-14-4-3-13(24)5-14)15-9-29-31-11-12(23)7-27-20(15)31/h6-9,11,13-14,19,33H,3-5,10H2,1-2H3,(H,26,30)(H,28,32). The van der Waals surface area contributed by atoms with E-state index in [-0.39, 0.29) is 18.2 Å². The van der Waals surface area contributed by atoms with E-state index in [1.165, 1.54) is 30.8 Å². The zero-order valence-electron chi connectivity index (χ0n) is 18.2. The van der Waals surface area contributed by atoms with Gasteiger partial charge in [0, 0.05) is 18.4 Å². The number of hydrogen-bond donors (Lipinski definition) is 3. The molecule has 0 aromatic carbocycles. The fraction of sp³-hybridized carbons (Fsp3) is 0.455. The number of hydrogen-bond acceptors (Lipinski definition) is 6. The number of amides is 1. The van der Waals surface area contributed by atoms with Gasteiger partial charge in [0.1, 0.15) is 12.3 Å². The Kier molecular flexibility index (Phi) is 6.49. The largest absolute Gasteiger partial charge is 0.387 e. The van der Waals surface area contributed by atoms with Gasteiger partial charge in [0.05, 0.1) is 52.1 Å². The van der Waals surface area contributed by atoms with Crippen molar-refractivity contribution in [3.8, 4) is 11.3 Å². The molecule has 11 heteroatoms. The van der Waals surface area contributed by atoms with Crippen molar-refractivity contribution in [3.63, 3.8) is 0 Å². The minimum Gasteiger partial charge on any atom is -0.387 e. The third-order valence-electron chi connectivity index (χ3n) is 5.69. The number of fused-ring (bicyclic) bond motifs is 1. The first-order valence-corrected chi connectivity index (χ1v) is 11.0. The van der Waals surface area contributed by atoms with E-state index in [1.54, 1.807) is 18.5 Å². The Bertz CT molecular complexity index is 1170. The highest BCUT2D eigenvalue weighted by Gasteiger charge is 2.29. The first-order valence-electron chi connectivity index (χ1n) is 10.7. The highest BCUT2D eigenvalue weighted by molar-refractivity contribution is 6.30. The summed E-state index contributed by atoms with van der Waals surface area (Å²) in [7, 11) is 0. The number of carbonyl (C=O) groups is 1. The number of aromatic nitrogens is 4. The van der Waals surface area contributed by atoms with Crippen LogP contribution in [0.25, 0.3) is 16.9 Å².